The van der Waals surface area contributed by atoms with Crippen molar-refractivity contribution in [3.63, 3.8) is 0 Å². The Balaban J connectivity index is 2.24. The van der Waals surface area contributed by atoms with Crippen LogP contribution in [0.3, 0.4) is 0 Å². The molecule has 1 heterocycles. The van der Waals surface area contributed by atoms with Crippen molar-refractivity contribution in [1.29, 1.82) is 0 Å². The van der Waals surface area contributed by atoms with Crippen molar-refractivity contribution in [2.24, 2.45) is 0 Å². The number of aliphatic hydroxyl groups excluding tert-OH is 1. The van der Waals surface area contributed by atoms with Crippen LogP contribution in [0.4, 0.5) is 8.78 Å². The molecule has 0 spiro atoms. The van der Waals surface area contributed by atoms with E-state index in [0.29, 0.717) is 13.0 Å². The van der Waals surface area contributed by atoms with Gasteiger partial charge in [0.2, 0.25) is 0 Å². The summed E-state index contributed by atoms with van der Waals surface area (Å²) >= 11 is 0. The molecular formula is C14H18F2N2O2. The van der Waals surface area contributed by atoms with Crippen LogP contribution in [-0.4, -0.2) is 60.1 Å². The minimum Gasteiger partial charge on any atom is -0.391 e. The molecule has 1 fully saturated rings. The van der Waals surface area contributed by atoms with Crippen LogP contribution >= 0.6 is 0 Å². The molecule has 0 saturated carbocycles. The van der Waals surface area contributed by atoms with E-state index >= 15 is 0 Å². The molecule has 0 aliphatic carbocycles. The fourth-order valence-corrected chi connectivity index (χ4v) is 2.55. The normalized spacial score (nSPS) is 22.6. The summed E-state index contributed by atoms with van der Waals surface area (Å²) in [5.74, 6) is -1.98. The molecule has 110 valence electrons. The summed E-state index contributed by atoms with van der Waals surface area (Å²) in [6, 6.07) is 2.61. The van der Waals surface area contributed by atoms with Gasteiger partial charge >= 0.3 is 0 Å². The van der Waals surface area contributed by atoms with E-state index in [0.717, 1.165) is 18.2 Å². The summed E-state index contributed by atoms with van der Waals surface area (Å²) in [7, 11) is 3.71. The minimum absolute atomic E-state index is 0.146. The molecule has 2 rings (SSSR count). The molecule has 1 saturated heterocycles. The van der Waals surface area contributed by atoms with Crippen molar-refractivity contribution in [2.45, 2.75) is 18.6 Å². The van der Waals surface area contributed by atoms with Gasteiger partial charge in [-0.05, 0) is 38.7 Å². The van der Waals surface area contributed by atoms with Crippen molar-refractivity contribution >= 4 is 5.91 Å². The summed E-state index contributed by atoms with van der Waals surface area (Å²) < 4.78 is 26.9. The van der Waals surface area contributed by atoms with Crippen LogP contribution in [0.2, 0.25) is 0 Å². The van der Waals surface area contributed by atoms with Crippen LogP contribution in [0, 0.1) is 11.6 Å². The summed E-state index contributed by atoms with van der Waals surface area (Å²) in [6.07, 6.45) is -0.179. The van der Waals surface area contributed by atoms with Gasteiger partial charge in [0.15, 0.2) is 0 Å². The highest BCUT2D eigenvalue weighted by Gasteiger charge is 2.35. The van der Waals surface area contributed by atoms with Crippen molar-refractivity contribution in [2.75, 3.05) is 27.2 Å². The van der Waals surface area contributed by atoms with Gasteiger partial charge in [0.05, 0.1) is 11.7 Å². The molecule has 1 N–H and O–H groups in total. The molecule has 1 aliphatic rings. The number of nitrogens with zero attached hydrogens (tertiary/aromatic N) is 2. The summed E-state index contributed by atoms with van der Waals surface area (Å²) in [5, 5.41) is 9.72. The fourth-order valence-electron chi connectivity index (χ4n) is 2.55. The first-order valence-corrected chi connectivity index (χ1v) is 6.47. The number of benzene rings is 1. The van der Waals surface area contributed by atoms with E-state index in [1.165, 1.54) is 4.90 Å². The number of β-amino-alcohol motifs (C(OH)–C–C–N with tert-alkyl or cyclic N) is 1. The molecule has 1 aromatic rings. The van der Waals surface area contributed by atoms with Crippen LogP contribution in [0.5, 0.6) is 0 Å². The molecule has 0 aromatic heterocycles. The van der Waals surface area contributed by atoms with Crippen molar-refractivity contribution in [1.82, 2.24) is 9.80 Å². The largest absolute Gasteiger partial charge is 0.391 e. The third-order valence-electron chi connectivity index (χ3n) is 3.39. The average Bonchev–Trinajstić information content (AvgIpc) is 2.71. The number of hydrogen-bond donors (Lipinski definition) is 1. The van der Waals surface area contributed by atoms with Gasteiger partial charge in [0.25, 0.3) is 5.91 Å². The molecule has 20 heavy (non-hydrogen) atoms. The second-order valence-corrected chi connectivity index (χ2v) is 5.39. The lowest BCUT2D eigenvalue weighted by Crippen LogP contribution is -2.41. The first kappa shape index (κ1) is 14.9. The maximum atomic E-state index is 13.7. The number of carbonyl (C=O) groups is 1. The number of halogens is 2. The Bertz CT molecular complexity index is 508. The first-order chi connectivity index (χ1) is 9.38. The average molecular weight is 284 g/mol. The maximum Gasteiger partial charge on any atom is 0.257 e. The highest BCUT2D eigenvalue weighted by Crippen LogP contribution is 2.22. The quantitative estimate of drug-likeness (QED) is 0.904. The monoisotopic (exact) mass is 284 g/mol. The molecular weight excluding hydrogens is 266 g/mol. The Labute approximate surface area is 116 Å². The van der Waals surface area contributed by atoms with Crippen LogP contribution in [0.25, 0.3) is 0 Å². The third-order valence-corrected chi connectivity index (χ3v) is 3.39. The van der Waals surface area contributed by atoms with Gasteiger partial charge in [-0.15, -0.1) is 0 Å². The number of likely N-dealkylation sites (tertiary alicyclic amines) is 1. The van der Waals surface area contributed by atoms with Gasteiger partial charge in [-0.2, -0.15) is 0 Å². The van der Waals surface area contributed by atoms with E-state index in [-0.39, 0.29) is 18.2 Å². The molecule has 6 heteroatoms. The fraction of sp³-hybridized carbons (Fsp3) is 0.500. The molecule has 1 aromatic carbocycles. The molecule has 2 atom stereocenters. The molecule has 1 aliphatic heterocycles. The molecule has 1 amide bonds. The Morgan fingerprint density at radius 2 is 2.15 bits per heavy atom. The van der Waals surface area contributed by atoms with Gasteiger partial charge in [-0.1, -0.05) is 0 Å². The number of amides is 1. The van der Waals surface area contributed by atoms with E-state index in [2.05, 4.69) is 0 Å². The van der Waals surface area contributed by atoms with Crippen LogP contribution in [-0.2, 0) is 0 Å². The second-order valence-electron chi connectivity index (χ2n) is 5.39. The van der Waals surface area contributed by atoms with Gasteiger partial charge in [0.1, 0.15) is 11.6 Å². The molecule has 4 nitrogen and oxygen atoms in total. The lowest BCUT2D eigenvalue weighted by atomic mass is 10.1. The smallest absolute Gasteiger partial charge is 0.257 e. The highest BCUT2D eigenvalue weighted by atomic mass is 19.1. The lowest BCUT2D eigenvalue weighted by Gasteiger charge is -2.27. The second kappa shape index (κ2) is 5.85. The SMILES string of the molecule is CN(C)CC1CC(O)CN1C(=O)c1cc(F)ccc1F. The number of hydrogen-bond acceptors (Lipinski definition) is 3. The standard InChI is InChI=1S/C14H18F2N2O2/c1-17(2)7-10-6-11(19)8-18(10)14(20)12-5-9(15)3-4-13(12)16/h3-5,10-11,19H,6-8H2,1-2H3. The Kier molecular flexibility index (Phi) is 4.35. The van der Waals surface area contributed by atoms with Crippen LogP contribution in [0.1, 0.15) is 16.8 Å². The first-order valence-electron chi connectivity index (χ1n) is 6.47. The van der Waals surface area contributed by atoms with E-state index in [1.54, 1.807) is 0 Å². The number of carbonyl (C=O) groups excluding carboxylic acids is 1. The highest BCUT2D eigenvalue weighted by molar-refractivity contribution is 5.95. The topological polar surface area (TPSA) is 43.8 Å². The van der Waals surface area contributed by atoms with E-state index in [1.807, 2.05) is 19.0 Å². The maximum absolute atomic E-state index is 13.7. The Hall–Kier alpha value is -1.53. The number of likely N-dealkylation sites (N-methyl/N-ethyl adjacent to an activating group) is 1. The van der Waals surface area contributed by atoms with Crippen molar-refractivity contribution in [3.05, 3.63) is 35.4 Å². The zero-order chi connectivity index (χ0) is 14.9. The van der Waals surface area contributed by atoms with E-state index in [9.17, 15) is 18.7 Å². The zero-order valence-corrected chi connectivity index (χ0v) is 11.5. The minimum atomic E-state index is -0.749. The van der Waals surface area contributed by atoms with E-state index in [4.69, 9.17) is 0 Å². The Morgan fingerprint density at radius 1 is 1.45 bits per heavy atom. The predicted octanol–water partition coefficient (Wildman–Crippen LogP) is 1.10. The Morgan fingerprint density at radius 3 is 2.80 bits per heavy atom. The summed E-state index contributed by atoms with van der Waals surface area (Å²) in [5.41, 5.74) is -0.289. The number of rotatable bonds is 3. The zero-order valence-electron chi connectivity index (χ0n) is 11.5. The third kappa shape index (κ3) is 3.13. The van der Waals surface area contributed by atoms with Gasteiger partial charge < -0.3 is 14.9 Å². The molecule has 0 bridgehead atoms. The van der Waals surface area contributed by atoms with E-state index < -0.39 is 23.6 Å². The van der Waals surface area contributed by atoms with Crippen LogP contribution < -0.4 is 0 Å². The van der Waals surface area contributed by atoms with Gasteiger partial charge in [0, 0.05) is 19.1 Å². The van der Waals surface area contributed by atoms with Crippen LogP contribution in [0.15, 0.2) is 18.2 Å². The van der Waals surface area contributed by atoms with Crippen molar-refractivity contribution in [3.8, 4) is 0 Å². The lowest BCUT2D eigenvalue weighted by molar-refractivity contribution is 0.0694. The molecule has 0 radical (unpaired) electrons. The number of aliphatic hydroxyl groups is 1. The summed E-state index contributed by atoms with van der Waals surface area (Å²) in [4.78, 5) is 15.7. The molecule has 2 unspecified atom stereocenters. The van der Waals surface area contributed by atoms with Gasteiger partial charge in [-0.25, -0.2) is 8.78 Å². The summed E-state index contributed by atoms with van der Waals surface area (Å²) in [6.45, 7) is 0.715. The predicted molar refractivity (Wildman–Crippen MR) is 70.4 cm³/mol. The van der Waals surface area contributed by atoms with Gasteiger partial charge in [-0.3, -0.25) is 4.79 Å². The van der Waals surface area contributed by atoms with Crippen molar-refractivity contribution < 1.29 is 18.7 Å².